The minimum atomic E-state index is -5.53. The Morgan fingerprint density at radius 3 is 2.17 bits per heavy atom. The Labute approximate surface area is 97.6 Å². The van der Waals surface area contributed by atoms with E-state index in [0.717, 1.165) is 0 Å². The van der Waals surface area contributed by atoms with Crippen molar-refractivity contribution in [3.05, 3.63) is 23.9 Å². The van der Waals surface area contributed by atoms with Crippen LogP contribution in [0.1, 0.15) is 5.56 Å². The highest BCUT2D eigenvalue weighted by Crippen LogP contribution is 2.36. The number of nitrogen functional groups attached to an aromatic ring is 1. The number of pyridine rings is 1. The van der Waals surface area contributed by atoms with Gasteiger partial charge in [-0.15, -0.1) is 0 Å². The number of aromatic nitrogens is 1. The summed E-state index contributed by atoms with van der Waals surface area (Å²) in [5, 5.41) is 0. The van der Waals surface area contributed by atoms with Gasteiger partial charge in [0.05, 0.1) is 6.61 Å². The van der Waals surface area contributed by atoms with Crippen LogP contribution >= 0.6 is 0 Å². The van der Waals surface area contributed by atoms with Crippen LogP contribution in [0.15, 0.2) is 18.3 Å². The van der Waals surface area contributed by atoms with Gasteiger partial charge >= 0.3 is 12.4 Å². The van der Waals surface area contributed by atoms with Gasteiger partial charge in [0, 0.05) is 11.8 Å². The first-order valence-electron chi connectivity index (χ1n) is 4.56. The predicted molar refractivity (Wildman–Crippen MR) is 49.3 cm³/mol. The van der Waals surface area contributed by atoms with Crippen molar-refractivity contribution in [2.75, 3.05) is 5.73 Å². The highest BCUT2D eigenvalue weighted by Gasteiger charge is 2.57. The van der Waals surface area contributed by atoms with Gasteiger partial charge in [0.25, 0.3) is 0 Å². The lowest BCUT2D eigenvalue weighted by atomic mass is 10.2. The number of nitrogens with zero attached hydrogens (tertiary/aromatic N) is 1. The largest absolute Gasteiger partial charge is 0.423 e. The molecule has 0 saturated heterocycles. The van der Waals surface area contributed by atoms with Crippen molar-refractivity contribution in [3.8, 4) is 0 Å². The monoisotopic (exact) mass is 274 g/mol. The summed E-state index contributed by atoms with van der Waals surface area (Å²) in [6.45, 7) is -0.927. The molecule has 0 radical (unpaired) electrons. The summed E-state index contributed by atoms with van der Waals surface area (Å²) < 4.78 is 76.6. The molecule has 9 heteroatoms. The highest BCUT2D eigenvalue weighted by atomic mass is 19.4. The number of nitrogens with two attached hydrogens (primary N) is 1. The molecule has 0 fully saturated rings. The van der Waals surface area contributed by atoms with Crippen molar-refractivity contribution in [3.63, 3.8) is 0 Å². The first kappa shape index (κ1) is 14.6. The van der Waals surface area contributed by atoms with E-state index >= 15 is 0 Å². The van der Waals surface area contributed by atoms with E-state index in [1.54, 1.807) is 0 Å². The van der Waals surface area contributed by atoms with E-state index in [-0.39, 0.29) is 11.4 Å². The molecule has 1 heterocycles. The maximum absolute atomic E-state index is 12.1. The number of anilines is 1. The Morgan fingerprint density at radius 2 is 1.72 bits per heavy atom. The lowest BCUT2D eigenvalue weighted by molar-refractivity contribution is -0.324. The molecule has 0 aliphatic carbocycles. The number of ether oxygens (including phenoxy) is 1. The van der Waals surface area contributed by atoms with Crippen LogP contribution in [0.3, 0.4) is 0 Å². The van der Waals surface area contributed by atoms with E-state index in [1.807, 2.05) is 0 Å². The van der Waals surface area contributed by atoms with Gasteiger partial charge < -0.3 is 10.5 Å². The Kier molecular flexibility index (Phi) is 4.05. The zero-order chi connectivity index (χ0) is 14.0. The third-order valence-electron chi connectivity index (χ3n) is 1.93. The summed E-state index contributed by atoms with van der Waals surface area (Å²) in [5.41, 5.74) is 5.23. The van der Waals surface area contributed by atoms with Crippen LogP contribution in [0.5, 0.6) is 0 Å². The molecule has 1 rings (SSSR count). The number of hydrogen-bond acceptors (Lipinski definition) is 3. The van der Waals surface area contributed by atoms with Crippen LogP contribution in [-0.4, -0.2) is 23.4 Å². The van der Waals surface area contributed by atoms with Gasteiger partial charge in [-0.1, -0.05) is 6.07 Å². The van der Waals surface area contributed by atoms with Crippen molar-refractivity contribution in [2.24, 2.45) is 0 Å². The van der Waals surface area contributed by atoms with Crippen LogP contribution in [-0.2, 0) is 11.3 Å². The van der Waals surface area contributed by atoms with E-state index in [0.29, 0.717) is 0 Å². The molecular formula is C9H8F6N2O. The van der Waals surface area contributed by atoms with Crippen LogP contribution in [0.2, 0.25) is 0 Å². The minimum Gasteiger partial charge on any atom is -0.383 e. The zero-order valence-electron chi connectivity index (χ0n) is 8.72. The van der Waals surface area contributed by atoms with Crippen molar-refractivity contribution in [1.29, 1.82) is 0 Å². The number of halogens is 6. The second-order valence-corrected chi connectivity index (χ2v) is 3.32. The van der Waals surface area contributed by atoms with Gasteiger partial charge in [-0.05, 0) is 6.07 Å². The molecule has 102 valence electrons. The third-order valence-corrected chi connectivity index (χ3v) is 1.93. The summed E-state index contributed by atoms with van der Waals surface area (Å²) in [5.74, 6) is -0.180. The van der Waals surface area contributed by atoms with E-state index < -0.39 is 25.1 Å². The van der Waals surface area contributed by atoms with Gasteiger partial charge in [-0.25, -0.2) is 4.98 Å². The lowest BCUT2D eigenvalue weighted by Gasteiger charge is -2.23. The number of alkyl halides is 6. The van der Waals surface area contributed by atoms with Crippen molar-refractivity contribution < 1.29 is 31.1 Å². The molecule has 0 aromatic carbocycles. The molecule has 1 aromatic rings. The van der Waals surface area contributed by atoms with E-state index in [9.17, 15) is 26.3 Å². The first-order chi connectivity index (χ1) is 8.12. The molecule has 18 heavy (non-hydrogen) atoms. The zero-order valence-corrected chi connectivity index (χ0v) is 8.72. The number of rotatable bonds is 3. The maximum atomic E-state index is 12.1. The highest BCUT2D eigenvalue weighted by molar-refractivity contribution is 5.37. The molecule has 0 bridgehead atoms. The fourth-order valence-electron chi connectivity index (χ4n) is 1.12. The number of hydrogen-bond donors (Lipinski definition) is 1. The van der Waals surface area contributed by atoms with E-state index in [4.69, 9.17) is 5.73 Å². The van der Waals surface area contributed by atoms with Gasteiger partial charge in [0.15, 0.2) is 0 Å². The normalized spacial score (nSPS) is 13.1. The predicted octanol–water partition coefficient (Wildman–Crippen LogP) is 2.67. The summed E-state index contributed by atoms with van der Waals surface area (Å²) >= 11 is 0. The fourth-order valence-corrected chi connectivity index (χ4v) is 1.12. The Bertz CT molecular complexity index is 389. The Morgan fingerprint density at radius 1 is 1.17 bits per heavy atom. The summed E-state index contributed by atoms with van der Waals surface area (Å²) in [4.78, 5) is 3.52. The standard InChI is InChI=1S/C9H8F6N2O/c10-8(11,12)7(9(13,14)15)18-4-5-2-1-3-17-6(5)16/h1-3,7H,4H2,(H2,16,17). The molecule has 2 N–H and O–H groups in total. The molecule has 0 atom stereocenters. The maximum Gasteiger partial charge on any atom is 0.423 e. The molecule has 0 unspecified atom stereocenters. The van der Waals surface area contributed by atoms with Gasteiger partial charge in [-0.3, -0.25) is 0 Å². The molecule has 0 aliphatic heterocycles. The Hall–Kier alpha value is -1.51. The summed E-state index contributed by atoms with van der Waals surface area (Å²) in [7, 11) is 0. The molecule has 0 saturated carbocycles. The molecule has 0 spiro atoms. The van der Waals surface area contributed by atoms with Crippen LogP contribution in [0.4, 0.5) is 32.2 Å². The molecule has 1 aromatic heterocycles. The van der Waals surface area contributed by atoms with Crippen LogP contribution in [0, 0.1) is 0 Å². The first-order valence-corrected chi connectivity index (χ1v) is 4.56. The second-order valence-electron chi connectivity index (χ2n) is 3.32. The van der Waals surface area contributed by atoms with Gasteiger partial charge in [0.2, 0.25) is 6.10 Å². The molecule has 0 aliphatic rings. The summed E-state index contributed by atoms with van der Waals surface area (Å²) in [6.07, 6.45) is -13.7. The second kappa shape index (κ2) is 5.01. The smallest absolute Gasteiger partial charge is 0.383 e. The quantitative estimate of drug-likeness (QED) is 0.862. The molecule has 0 amide bonds. The average Bonchev–Trinajstić information content (AvgIpc) is 2.17. The van der Waals surface area contributed by atoms with Gasteiger partial charge in [-0.2, -0.15) is 26.3 Å². The van der Waals surface area contributed by atoms with Crippen LogP contribution in [0.25, 0.3) is 0 Å². The topological polar surface area (TPSA) is 48.1 Å². The van der Waals surface area contributed by atoms with Crippen molar-refractivity contribution in [2.45, 2.75) is 25.1 Å². The van der Waals surface area contributed by atoms with Crippen molar-refractivity contribution >= 4 is 5.82 Å². The average molecular weight is 274 g/mol. The minimum absolute atomic E-state index is 0.0454. The SMILES string of the molecule is Nc1ncccc1COC(C(F)(F)F)C(F)(F)F. The molecular weight excluding hydrogens is 266 g/mol. The van der Waals surface area contributed by atoms with E-state index in [2.05, 4.69) is 9.72 Å². The summed E-state index contributed by atoms with van der Waals surface area (Å²) in [6, 6.07) is 2.55. The third kappa shape index (κ3) is 3.76. The Balaban J connectivity index is 2.79. The van der Waals surface area contributed by atoms with Crippen LogP contribution < -0.4 is 5.73 Å². The molecule has 3 nitrogen and oxygen atoms in total. The van der Waals surface area contributed by atoms with Crippen molar-refractivity contribution in [1.82, 2.24) is 4.98 Å². The van der Waals surface area contributed by atoms with E-state index in [1.165, 1.54) is 18.3 Å². The lowest BCUT2D eigenvalue weighted by Crippen LogP contribution is -2.44. The fraction of sp³-hybridized carbons (Fsp3) is 0.444. The van der Waals surface area contributed by atoms with Gasteiger partial charge in [0.1, 0.15) is 5.82 Å².